The van der Waals surface area contributed by atoms with Gasteiger partial charge in [-0.15, -0.1) is 0 Å². The third kappa shape index (κ3) is 12.6. The van der Waals surface area contributed by atoms with Gasteiger partial charge < -0.3 is 19.5 Å². The minimum atomic E-state index is -0.216. The molecule has 0 aliphatic heterocycles. The number of methoxy groups -OCH3 is 1. The molecule has 0 radical (unpaired) electrons. The maximum Gasteiger partial charge on any atom is 0.262 e. The number of rotatable bonds is 21. The van der Waals surface area contributed by atoms with Gasteiger partial charge in [0.1, 0.15) is 5.75 Å². The van der Waals surface area contributed by atoms with Crippen molar-refractivity contribution in [3.8, 4) is 17.2 Å². The van der Waals surface area contributed by atoms with Gasteiger partial charge in [-0.2, -0.15) is 4.57 Å². The molecule has 1 N–H and O–H groups in total. The highest BCUT2D eigenvalue weighted by Crippen LogP contribution is 2.31. The molecule has 41 heavy (non-hydrogen) atoms. The maximum atomic E-state index is 12.4. The van der Waals surface area contributed by atoms with Crippen LogP contribution in [0.15, 0.2) is 54.0 Å². The summed E-state index contributed by atoms with van der Waals surface area (Å²) in [6.45, 7) is 5.77. The first-order chi connectivity index (χ1) is 20.1. The Morgan fingerprint density at radius 2 is 1.49 bits per heavy atom. The molecule has 0 fully saturated rings. The van der Waals surface area contributed by atoms with E-state index in [1.165, 1.54) is 81.2 Å². The number of hydrogen-bond donors (Lipinski definition) is 1. The second kappa shape index (κ2) is 19.1. The second-order valence-electron chi connectivity index (χ2n) is 10.6. The Labute approximate surface area is 251 Å². The van der Waals surface area contributed by atoms with Crippen molar-refractivity contribution in [2.75, 3.05) is 25.6 Å². The third-order valence-electron chi connectivity index (χ3n) is 7.23. The minimum absolute atomic E-state index is 0.0894. The van der Waals surface area contributed by atoms with Gasteiger partial charge in [0, 0.05) is 24.2 Å². The Bertz CT molecular complexity index is 1150. The predicted molar refractivity (Wildman–Crippen MR) is 168 cm³/mol. The van der Waals surface area contributed by atoms with Crippen LogP contribution in [0.2, 0.25) is 0 Å². The fourth-order valence-corrected chi connectivity index (χ4v) is 5.42. The van der Waals surface area contributed by atoms with Crippen molar-refractivity contribution >= 4 is 22.9 Å². The van der Waals surface area contributed by atoms with Crippen LogP contribution in [0.5, 0.6) is 17.2 Å². The van der Waals surface area contributed by atoms with Crippen LogP contribution in [-0.4, -0.2) is 26.2 Å². The van der Waals surface area contributed by atoms with Gasteiger partial charge in [-0.3, -0.25) is 4.79 Å². The normalized spacial score (nSPS) is 10.9. The topological polar surface area (TPSA) is 60.7 Å². The average Bonchev–Trinajstić information content (AvgIpc) is 3.39. The summed E-state index contributed by atoms with van der Waals surface area (Å²) in [6.07, 6.45) is 17.9. The van der Waals surface area contributed by atoms with Gasteiger partial charge >= 0.3 is 0 Å². The number of nitrogens with one attached hydrogen (secondary N) is 1. The lowest BCUT2D eigenvalue weighted by Gasteiger charge is -2.13. The van der Waals surface area contributed by atoms with Crippen molar-refractivity contribution in [1.82, 2.24) is 0 Å². The molecule has 1 heterocycles. The Morgan fingerprint density at radius 1 is 0.829 bits per heavy atom. The highest BCUT2D eigenvalue weighted by Gasteiger charge is 2.11. The zero-order valence-corrected chi connectivity index (χ0v) is 26.1. The quantitative estimate of drug-likeness (QED) is 0.101. The van der Waals surface area contributed by atoms with E-state index >= 15 is 0 Å². The number of amides is 1. The summed E-state index contributed by atoms with van der Waals surface area (Å²) in [7, 11) is 1.62. The van der Waals surface area contributed by atoms with Crippen molar-refractivity contribution in [2.45, 2.75) is 97.4 Å². The van der Waals surface area contributed by atoms with E-state index in [1.54, 1.807) is 24.5 Å². The number of hydrogen-bond acceptors (Lipinski definition) is 5. The second-order valence-corrected chi connectivity index (χ2v) is 11.7. The summed E-state index contributed by atoms with van der Waals surface area (Å²) in [5.41, 5.74) is 1.92. The molecule has 6 nitrogen and oxygen atoms in total. The summed E-state index contributed by atoms with van der Waals surface area (Å²) in [5, 5.41) is 6.24. The van der Waals surface area contributed by atoms with Gasteiger partial charge in [-0.05, 0) is 30.7 Å². The van der Waals surface area contributed by atoms with E-state index in [4.69, 9.17) is 14.2 Å². The molecular formula is C34H49N2O4S+. The fraction of sp³-hybridized carbons (Fsp3) is 0.529. The van der Waals surface area contributed by atoms with Crippen LogP contribution >= 0.6 is 11.3 Å². The molecule has 0 aliphatic carbocycles. The molecule has 0 spiro atoms. The van der Waals surface area contributed by atoms with E-state index in [0.29, 0.717) is 23.9 Å². The van der Waals surface area contributed by atoms with Crippen LogP contribution in [0.25, 0.3) is 0 Å². The van der Waals surface area contributed by atoms with Crippen molar-refractivity contribution in [1.29, 1.82) is 0 Å². The smallest absolute Gasteiger partial charge is 0.262 e. The molecule has 0 bridgehead atoms. The largest absolute Gasteiger partial charge is 0.493 e. The fourth-order valence-electron chi connectivity index (χ4n) is 4.76. The van der Waals surface area contributed by atoms with E-state index < -0.39 is 0 Å². The molecule has 0 unspecified atom stereocenters. The minimum Gasteiger partial charge on any atom is -0.493 e. The first kappa shape index (κ1) is 32.5. The van der Waals surface area contributed by atoms with E-state index in [-0.39, 0.29) is 12.5 Å². The molecule has 3 rings (SSSR count). The van der Waals surface area contributed by atoms with Crippen LogP contribution in [0.4, 0.5) is 5.69 Å². The van der Waals surface area contributed by atoms with Gasteiger partial charge in [0.2, 0.25) is 5.01 Å². The van der Waals surface area contributed by atoms with Crippen LogP contribution in [0.1, 0.15) is 94.5 Å². The standard InChI is InChI=1S/C34H48N2O4S/c1-4-5-6-7-8-9-10-11-12-13-14-15-23-39-32-21-20-31(25-33(32)38-3)40-27-34(37)35-30-18-16-29(17-19-30)26-36-22-24-41-28(36)2/h16-22,24-25H,4-15,23,26-27H2,1-3H3/p+1. The lowest BCUT2D eigenvalue weighted by Crippen LogP contribution is -2.34. The number of aryl methyl sites for hydroxylation is 1. The summed E-state index contributed by atoms with van der Waals surface area (Å²) in [4.78, 5) is 12.4. The number of carbonyl (C=O) groups excluding carboxylic acids is 1. The van der Waals surface area contributed by atoms with Crippen molar-refractivity contribution in [3.63, 3.8) is 0 Å². The summed E-state index contributed by atoms with van der Waals surface area (Å²) >= 11 is 1.73. The highest BCUT2D eigenvalue weighted by atomic mass is 32.1. The van der Waals surface area contributed by atoms with E-state index in [2.05, 4.69) is 35.3 Å². The molecule has 0 saturated heterocycles. The lowest BCUT2D eigenvalue weighted by atomic mass is 10.1. The van der Waals surface area contributed by atoms with Gasteiger partial charge in [0.15, 0.2) is 30.8 Å². The number of ether oxygens (including phenoxy) is 3. The maximum absolute atomic E-state index is 12.4. The lowest BCUT2D eigenvalue weighted by molar-refractivity contribution is -0.689. The van der Waals surface area contributed by atoms with Crippen LogP contribution in [0, 0.1) is 6.92 Å². The molecule has 2 aromatic carbocycles. The number of anilines is 1. The summed E-state index contributed by atoms with van der Waals surface area (Å²) in [6, 6.07) is 13.3. The molecule has 0 saturated carbocycles. The SMILES string of the molecule is CCCCCCCCCCCCCCOc1ccc(OCC(=O)Nc2ccc(C[n+]3ccsc3C)cc2)cc1OC. The van der Waals surface area contributed by atoms with E-state index in [1.807, 2.05) is 36.4 Å². The Hall–Kier alpha value is -3.06. The predicted octanol–water partition coefficient (Wildman–Crippen LogP) is 8.50. The third-order valence-corrected chi connectivity index (χ3v) is 8.07. The van der Waals surface area contributed by atoms with E-state index in [9.17, 15) is 4.79 Å². The molecule has 1 amide bonds. The zero-order chi connectivity index (χ0) is 29.1. The highest BCUT2D eigenvalue weighted by molar-refractivity contribution is 7.09. The van der Waals surface area contributed by atoms with Crippen LogP contribution in [-0.2, 0) is 11.3 Å². The molecule has 224 valence electrons. The summed E-state index contributed by atoms with van der Waals surface area (Å²) < 4.78 is 19.4. The van der Waals surface area contributed by atoms with Crippen molar-refractivity contribution in [2.24, 2.45) is 0 Å². The molecule has 7 heteroatoms. The van der Waals surface area contributed by atoms with Gasteiger partial charge in [-0.1, -0.05) is 101 Å². The number of thiazole rings is 1. The number of benzene rings is 2. The first-order valence-corrected chi connectivity index (χ1v) is 16.2. The number of carbonyl (C=O) groups is 1. The van der Waals surface area contributed by atoms with E-state index in [0.717, 1.165) is 18.7 Å². The van der Waals surface area contributed by atoms with Gasteiger partial charge in [0.25, 0.3) is 5.91 Å². The monoisotopic (exact) mass is 581 g/mol. The van der Waals surface area contributed by atoms with Crippen molar-refractivity contribution < 1.29 is 23.6 Å². The average molecular weight is 582 g/mol. The Balaban J connectivity index is 1.29. The summed E-state index contributed by atoms with van der Waals surface area (Å²) in [5.74, 6) is 1.65. The van der Waals surface area contributed by atoms with Gasteiger partial charge in [-0.25, -0.2) is 0 Å². The Morgan fingerprint density at radius 3 is 2.10 bits per heavy atom. The van der Waals surface area contributed by atoms with Crippen molar-refractivity contribution in [3.05, 3.63) is 64.6 Å². The Kier molecular flexibility index (Phi) is 15.1. The number of nitrogens with zero attached hydrogens (tertiary/aromatic N) is 1. The van der Waals surface area contributed by atoms with Gasteiger partial charge in [0.05, 0.1) is 19.1 Å². The zero-order valence-electron chi connectivity index (χ0n) is 25.3. The molecule has 0 atom stereocenters. The molecular weight excluding hydrogens is 532 g/mol. The van der Waals surface area contributed by atoms with Crippen LogP contribution in [0.3, 0.4) is 0 Å². The molecule has 0 aliphatic rings. The first-order valence-electron chi connectivity index (χ1n) is 15.3. The molecule has 1 aromatic heterocycles. The number of aromatic nitrogens is 1. The number of unbranched alkanes of at least 4 members (excludes halogenated alkanes) is 11. The van der Waals surface area contributed by atoms with Crippen LogP contribution < -0.4 is 24.1 Å². The molecule has 3 aromatic rings.